The van der Waals surface area contributed by atoms with Gasteiger partial charge in [0.2, 0.25) is 0 Å². The molecule has 11 aromatic rings. The zero-order valence-electron chi connectivity index (χ0n) is 34.1. The van der Waals surface area contributed by atoms with Crippen LogP contribution in [-0.2, 0) is 0 Å². The van der Waals surface area contributed by atoms with Crippen molar-refractivity contribution >= 4 is 159 Å². The highest BCUT2D eigenvalue weighted by Gasteiger charge is 2.23. The van der Waals surface area contributed by atoms with Gasteiger partial charge in [-0.2, -0.15) is 0 Å². The van der Waals surface area contributed by atoms with Crippen LogP contribution in [0.2, 0.25) is 0 Å². The molecule has 10 heteroatoms. The number of nitrogens with zero attached hydrogens (tertiary/aromatic N) is 2. The fourth-order valence-corrected chi connectivity index (χ4v) is 9.88. The minimum Gasteiger partial charge on any atom is -0.457 e. The molecule has 0 radical (unpaired) electrons. The van der Waals surface area contributed by atoms with Gasteiger partial charge in [-0.1, -0.05) is 112 Å². The second-order valence-electron chi connectivity index (χ2n) is 16.3. The van der Waals surface area contributed by atoms with Gasteiger partial charge >= 0.3 is 0 Å². The van der Waals surface area contributed by atoms with Crippen molar-refractivity contribution in [2.24, 2.45) is 0 Å². The number of hydrogen-bond acceptors (Lipinski definition) is 1. The highest BCUT2D eigenvalue weighted by molar-refractivity contribution is 6.68. The monoisotopic (exact) mass is 734 g/mol. The third-order valence-corrected chi connectivity index (χ3v) is 13.5. The Labute approximate surface area is 343 Å². The SMILES string of the molecule is Bc1c(B)c(B)c2c(oc3c(B)c(B)c(B)c(-c4ccc(-n5c6ccccc6c6cc(-c7ccc8c(c7)c7ccccc7n8-c7ccccc7)ccc65)cc4)c32)c1B. The summed E-state index contributed by atoms with van der Waals surface area (Å²) in [4.78, 5) is 0. The molecule has 0 aliphatic carbocycles. The minimum absolute atomic E-state index is 1.01. The maximum Gasteiger partial charge on any atom is 0.143 e. The first kappa shape index (κ1) is 34.8. The fourth-order valence-electron chi connectivity index (χ4n) is 9.88. The fraction of sp³-hybridized carbons (Fsp3) is 0. The molecule has 0 saturated carbocycles. The van der Waals surface area contributed by atoms with Crippen LogP contribution in [0.1, 0.15) is 0 Å². The molecular weight excluding hydrogens is 696 g/mol. The Bertz CT molecular complexity index is 3530. The molecule has 0 aliphatic rings. The first-order chi connectivity index (χ1) is 28.2. The van der Waals surface area contributed by atoms with E-state index in [1.165, 1.54) is 121 Å². The molecule has 8 aromatic carbocycles. The minimum atomic E-state index is 1.01. The lowest BCUT2D eigenvalue weighted by atomic mass is 9.64. The molecule has 0 amide bonds. The summed E-state index contributed by atoms with van der Waals surface area (Å²) in [5.41, 5.74) is 23.1. The maximum atomic E-state index is 6.80. The summed E-state index contributed by atoms with van der Waals surface area (Å²) in [6.07, 6.45) is 0. The van der Waals surface area contributed by atoms with E-state index in [0.717, 1.165) is 16.9 Å². The van der Waals surface area contributed by atoms with Crippen molar-refractivity contribution in [2.45, 2.75) is 0 Å². The highest BCUT2D eigenvalue weighted by Crippen LogP contribution is 2.39. The highest BCUT2D eigenvalue weighted by atomic mass is 16.3. The van der Waals surface area contributed by atoms with E-state index in [1.807, 2.05) is 0 Å². The molecule has 0 bridgehead atoms. The third kappa shape index (κ3) is 4.84. The number of fused-ring (bicyclic) bond motifs is 9. The molecule has 3 nitrogen and oxygen atoms in total. The van der Waals surface area contributed by atoms with Gasteiger partial charge in [-0.25, -0.2) is 0 Å². The van der Waals surface area contributed by atoms with Crippen LogP contribution in [0.15, 0.2) is 144 Å². The third-order valence-electron chi connectivity index (χ3n) is 13.5. The summed E-state index contributed by atoms with van der Waals surface area (Å²) >= 11 is 0. The van der Waals surface area contributed by atoms with Crippen LogP contribution in [0.5, 0.6) is 0 Å². The molecule has 58 heavy (non-hydrogen) atoms. The maximum absolute atomic E-state index is 6.80. The molecular formula is C48H37B7N2O. The van der Waals surface area contributed by atoms with Crippen LogP contribution in [0.3, 0.4) is 0 Å². The van der Waals surface area contributed by atoms with E-state index in [0.29, 0.717) is 0 Å². The molecule has 0 atom stereocenters. The summed E-state index contributed by atoms with van der Waals surface area (Å²) in [7, 11) is 15.6. The van der Waals surface area contributed by atoms with Crippen molar-refractivity contribution in [1.29, 1.82) is 0 Å². The Morgan fingerprint density at radius 2 is 0.759 bits per heavy atom. The van der Waals surface area contributed by atoms with Crippen LogP contribution in [0.25, 0.3) is 99.2 Å². The molecule has 0 aliphatic heterocycles. The standard InChI is InChI=1S/C48H37B7N2O/c49-40-37(38-39-41(50)42(51)44(53)46(55)48(39)58-47(38)45(54)43(40)52)24-14-18-28(19-15-24)57-34-13-7-5-11-30(34)32-23-26(17-21-36(32)57)25-16-20-35-31(22-25)29-10-4-6-12-33(29)56(35)27-8-2-1-3-9-27/h1-23H,49-55H2. The van der Waals surface area contributed by atoms with Gasteiger partial charge in [-0.05, 0) is 82.9 Å². The van der Waals surface area contributed by atoms with E-state index in [9.17, 15) is 0 Å². The van der Waals surface area contributed by atoms with E-state index in [4.69, 9.17) is 4.42 Å². The predicted molar refractivity (Wildman–Crippen MR) is 271 cm³/mol. The molecule has 0 fully saturated rings. The smallest absolute Gasteiger partial charge is 0.143 e. The Morgan fingerprint density at radius 1 is 0.328 bits per heavy atom. The lowest BCUT2D eigenvalue weighted by Gasteiger charge is -2.17. The predicted octanol–water partition coefficient (Wildman–Crippen LogP) is 0.923. The quantitative estimate of drug-likeness (QED) is 0.247. The van der Waals surface area contributed by atoms with Crippen molar-refractivity contribution in [3.05, 3.63) is 140 Å². The van der Waals surface area contributed by atoms with E-state index < -0.39 is 0 Å². The van der Waals surface area contributed by atoms with Crippen LogP contribution in [-0.4, -0.2) is 64.1 Å². The second-order valence-corrected chi connectivity index (χ2v) is 16.3. The largest absolute Gasteiger partial charge is 0.457 e. The number of rotatable bonds is 4. The van der Waals surface area contributed by atoms with Gasteiger partial charge < -0.3 is 13.6 Å². The Morgan fingerprint density at radius 3 is 1.33 bits per heavy atom. The summed E-state index contributed by atoms with van der Waals surface area (Å²) in [5, 5.41) is 7.50. The summed E-state index contributed by atoms with van der Waals surface area (Å²) in [6.45, 7) is 0. The van der Waals surface area contributed by atoms with E-state index in [1.54, 1.807) is 0 Å². The number of furan rings is 1. The van der Waals surface area contributed by atoms with Crippen molar-refractivity contribution in [3.8, 4) is 33.6 Å². The number of benzene rings is 8. The molecule has 0 unspecified atom stereocenters. The molecule has 3 aromatic heterocycles. The Hall–Kier alpha value is -6.39. The van der Waals surface area contributed by atoms with Gasteiger partial charge in [0.05, 0.1) is 22.1 Å². The molecule has 11 rings (SSSR count). The van der Waals surface area contributed by atoms with Gasteiger partial charge in [-0.15, -0.1) is 5.46 Å². The average molecular weight is 734 g/mol. The van der Waals surface area contributed by atoms with Crippen LogP contribution >= 0.6 is 0 Å². The first-order valence-corrected chi connectivity index (χ1v) is 20.4. The summed E-state index contributed by atoms with van der Waals surface area (Å²) in [6, 6.07) is 51.3. The molecule has 0 saturated heterocycles. The van der Waals surface area contributed by atoms with Gasteiger partial charge in [0.25, 0.3) is 0 Å². The van der Waals surface area contributed by atoms with Crippen molar-refractivity contribution in [3.63, 3.8) is 0 Å². The van der Waals surface area contributed by atoms with Crippen molar-refractivity contribution in [1.82, 2.24) is 9.13 Å². The Balaban J connectivity index is 1.06. The molecule has 0 N–H and O–H groups in total. The van der Waals surface area contributed by atoms with E-state index in [-0.39, 0.29) is 0 Å². The van der Waals surface area contributed by atoms with Crippen LogP contribution in [0, 0.1) is 0 Å². The topological polar surface area (TPSA) is 23.0 Å². The zero-order valence-corrected chi connectivity index (χ0v) is 34.1. The van der Waals surface area contributed by atoms with E-state index in [2.05, 4.69) is 204 Å². The number of hydrogen-bond donors (Lipinski definition) is 0. The molecule has 266 valence electrons. The summed E-state index contributed by atoms with van der Waals surface area (Å²) in [5.74, 6) is 0. The van der Waals surface area contributed by atoms with E-state index >= 15 is 0 Å². The van der Waals surface area contributed by atoms with Crippen LogP contribution < -0.4 is 38.2 Å². The lowest BCUT2D eigenvalue weighted by Crippen LogP contribution is -2.47. The first-order valence-electron chi connectivity index (χ1n) is 20.4. The Kier molecular flexibility index (Phi) is 7.69. The van der Waals surface area contributed by atoms with Gasteiger partial charge in [0, 0.05) is 43.7 Å². The normalized spacial score (nSPS) is 11.9. The second kappa shape index (κ2) is 12.8. The van der Waals surface area contributed by atoms with Gasteiger partial charge in [0.15, 0.2) is 0 Å². The molecule has 3 heterocycles. The lowest BCUT2D eigenvalue weighted by molar-refractivity contribution is 0.675. The van der Waals surface area contributed by atoms with Crippen LogP contribution in [0.4, 0.5) is 0 Å². The number of para-hydroxylation sites is 3. The molecule has 0 spiro atoms. The van der Waals surface area contributed by atoms with Gasteiger partial charge in [0.1, 0.15) is 66.1 Å². The average Bonchev–Trinajstić information content (AvgIpc) is 3.93. The van der Waals surface area contributed by atoms with Crippen molar-refractivity contribution < 1.29 is 4.42 Å². The number of aromatic nitrogens is 2. The zero-order chi connectivity index (χ0) is 39.6. The van der Waals surface area contributed by atoms with Crippen molar-refractivity contribution in [2.75, 3.05) is 0 Å². The van der Waals surface area contributed by atoms with Gasteiger partial charge in [-0.3, -0.25) is 0 Å². The summed E-state index contributed by atoms with van der Waals surface area (Å²) < 4.78 is 11.6.